The van der Waals surface area contributed by atoms with Gasteiger partial charge in [-0.05, 0) is 65.5 Å². The Hall–Kier alpha value is -2.60. The molecule has 0 atom stereocenters. The molecule has 0 aliphatic rings. The number of carbonyl (C=O) groups excluding carboxylic acids is 1. The molecule has 0 bridgehead atoms. The quantitative estimate of drug-likeness (QED) is 0.631. The number of ether oxygens (including phenoxy) is 1. The third kappa shape index (κ3) is 4.32. The fourth-order valence-corrected chi connectivity index (χ4v) is 2.94. The number of carbonyl (C=O) groups is 1. The summed E-state index contributed by atoms with van der Waals surface area (Å²) in [5.41, 5.74) is 3.83. The number of benzene rings is 1. The first-order valence-corrected chi connectivity index (χ1v) is 8.96. The molecule has 1 amide bonds. The molecule has 0 saturated carbocycles. The van der Waals surface area contributed by atoms with Crippen molar-refractivity contribution in [1.29, 1.82) is 0 Å². The first kappa shape index (κ1) is 18.2. The van der Waals surface area contributed by atoms with E-state index in [1.807, 2.05) is 45.0 Å². The van der Waals surface area contributed by atoms with Gasteiger partial charge in [-0.1, -0.05) is 18.2 Å². The van der Waals surface area contributed by atoms with Crippen LogP contribution in [-0.2, 0) is 6.54 Å². The van der Waals surface area contributed by atoms with Gasteiger partial charge in [0, 0.05) is 24.4 Å². The smallest absolute Gasteiger partial charge is 0.287 e. The number of pyridine rings is 1. The number of furan rings is 1. The lowest BCUT2D eigenvalue weighted by molar-refractivity contribution is 0.0921. The number of nitrogens with zero attached hydrogens (tertiary/aromatic N) is 1. The Labute approximate surface area is 160 Å². The molecule has 134 valence electrons. The van der Waals surface area contributed by atoms with Crippen LogP contribution >= 0.6 is 15.9 Å². The van der Waals surface area contributed by atoms with Crippen molar-refractivity contribution < 1.29 is 13.9 Å². The standard InChI is InChI=1S/C20H19BrN2O3/c1-12-4-5-13(2)16(8-12)25-18-7-6-15(10-22-18)11-23-20(24)19-14(3)9-17(21)26-19/h4-10H,11H2,1-3H3,(H,23,24). The summed E-state index contributed by atoms with van der Waals surface area (Å²) in [6.45, 7) is 6.19. The van der Waals surface area contributed by atoms with Gasteiger partial charge in [-0.15, -0.1) is 0 Å². The van der Waals surface area contributed by atoms with Gasteiger partial charge in [0.1, 0.15) is 5.75 Å². The average Bonchev–Trinajstić information content (AvgIpc) is 2.95. The summed E-state index contributed by atoms with van der Waals surface area (Å²) in [5, 5.41) is 2.82. The van der Waals surface area contributed by atoms with Crippen molar-refractivity contribution in [1.82, 2.24) is 10.3 Å². The van der Waals surface area contributed by atoms with E-state index in [-0.39, 0.29) is 5.91 Å². The highest BCUT2D eigenvalue weighted by Gasteiger charge is 2.14. The van der Waals surface area contributed by atoms with Crippen LogP contribution in [0.15, 0.2) is 51.7 Å². The first-order chi connectivity index (χ1) is 12.4. The van der Waals surface area contributed by atoms with E-state index in [1.54, 1.807) is 18.3 Å². The zero-order valence-electron chi connectivity index (χ0n) is 14.8. The Kier molecular flexibility index (Phi) is 5.42. The van der Waals surface area contributed by atoms with Crippen LogP contribution in [0, 0.1) is 20.8 Å². The highest BCUT2D eigenvalue weighted by Crippen LogP contribution is 2.24. The summed E-state index contributed by atoms with van der Waals surface area (Å²) in [7, 11) is 0. The largest absolute Gasteiger partial charge is 0.444 e. The molecule has 3 aromatic rings. The number of halogens is 1. The summed E-state index contributed by atoms with van der Waals surface area (Å²) >= 11 is 3.22. The van der Waals surface area contributed by atoms with Crippen molar-refractivity contribution in [3.8, 4) is 11.6 Å². The lowest BCUT2D eigenvalue weighted by Crippen LogP contribution is -2.23. The second-order valence-corrected chi connectivity index (χ2v) is 6.90. The maximum atomic E-state index is 12.2. The summed E-state index contributed by atoms with van der Waals surface area (Å²) < 4.78 is 11.7. The molecule has 0 unspecified atom stereocenters. The highest BCUT2D eigenvalue weighted by atomic mass is 79.9. The predicted octanol–water partition coefficient (Wildman–Crippen LogP) is 5.08. The molecule has 0 saturated heterocycles. The molecular weight excluding hydrogens is 396 g/mol. The van der Waals surface area contributed by atoms with Gasteiger partial charge < -0.3 is 14.5 Å². The molecule has 5 nitrogen and oxygen atoms in total. The van der Waals surface area contributed by atoms with E-state index in [2.05, 4.69) is 26.2 Å². The Morgan fingerprint density at radius 1 is 1.15 bits per heavy atom. The van der Waals surface area contributed by atoms with Gasteiger partial charge in [0.2, 0.25) is 5.88 Å². The van der Waals surface area contributed by atoms with Crippen LogP contribution in [0.5, 0.6) is 11.6 Å². The van der Waals surface area contributed by atoms with E-state index in [4.69, 9.17) is 9.15 Å². The minimum Gasteiger partial charge on any atom is -0.444 e. The Morgan fingerprint density at radius 3 is 2.62 bits per heavy atom. The Morgan fingerprint density at radius 2 is 1.96 bits per heavy atom. The van der Waals surface area contributed by atoms with Crippen molar-refractivity contribution >= 4 is 21.8 Å². The molecule has 6 heteroatoms. The SMILES string of the molecule is Cc1ccc(C)c(Oc2ccc(CNC(=O)c3oc(Br)cc3C)cn2)c1. The molecule has 3 rings (SSSR count). The molecule has 0 radical (unpaired) electrons. The van der Waals surface area contributed by atoms with Crippen molar-refractivity contribution in [3.63, 3.8) is 0 Å². The van der Waals surface area contributed by atoms with Gasteiger partial charge in [0.15, 0.2) is 10.4 Å². The number of nitrogens with one attached hydrogen (secondary N) is 1. The van der Waals surface area contributed by atoms with Gasteiger partial charge in [-0.3, -0.25) is 4.79 Å². The fraction of sp³-hybridized carbons (Fsp3) is 0.200. The van der Waals surface area contributed by atoms with Gasteiger partial charge >= 0.3 is 0 Å². The Bertz CT molecular complexity index is 933. The monoisotopic (exact) mass is 414 g/mol. The van der Waals surface area contributed by atoms with Gasteiger partial charge in [0.25, 0.3) is 5.91 Å². The number of aromatic nitrogens is 1. The second-order valence-electron chi connectivity index (χ2n) is 6.12. The van der Waals surface area contributed by atoms with E-state index in [9.17, 15) is 4.79 Å². The van der Waals surface area contributed by atoms with Crippen molar-refractivity contribution in [2.24, 2.45) is 0 Å². The topological polar surface area (TPSA) is 64.4 Å². The van der Waals surface area contributed by atoms with E-state index < -0.39 is 0 Å². The fourth-order valence-electron chi connectivity index (χ4n) is 2.44. The average molecular weight is 415 g/mol. The minimum absolute atomic E-state index is 0.260. The molecule has 2 aromatic heterocycles. The van der Waals surface area contributed by atoms with Crippen molar-refractivity contribution in [2.45, 2.75) is 27.3 Å². The summed E-state index contributed by atoms with van der Waals surface area (Å²) in [5.74, 6) is 1.35. The van der Waals surface area contributed by atoms with E-state index in [1.165, 1.54) is 0 Å². The molecule has 0 aliphatic heterocycles. The third-order valence-electron chi connectivity index (χ3n) is 3.90. The highest BCUT2D eigenvalue weighted by molar-refractivity contribution is 9.10. The van der Waals surface area contributed by atoms with Gasteiger partial charge in [0.05, 0.1) is 0 Å². The zero-order valence-corrected chi connectivity index (χ0v) is 16.4. The number of aryl methyl sites for hydroxylation is 3. The Balaban J connectivity index is 1.62. The second kappa shape index (κ2) is 7.74. The van der Waals surface area contributed by atoms with Crippen LogP contribution < -0.4 is 10.1 Å². The predicted molar refractivity (Wildman–Crippen MR) is 103 cm³/mol. The molecule has 1 aromatic carbocycles. The lowest BCUT2D eigenvalue weighted by atomic mass is 10.1. The normalized spacial score (nSPS) is 10.6. The molecule has 26 heavy (non-hydrogen) atoms. The van der Waals surface area contributed by atoms with Crippen LogP contribution in [-0.4, -0.2) is 10.9 Å². The molecule has 1 N–H and O–H groups in total. The van der Waals surface area contributed by atoms with Crippen molar-refractivity contribution in [3.05, 3.63) is 75.3 Å². The van der Waals surface area contributed by atoms with Gasteiger partial charge in [-0.2, -0.15) is 0 Å². The lowest BCUT2D eigenvalue weighted by Gasteiger charge is -2.09. The van der Waals surface area contributed by atoms with E-state index in [0.29, 0.717) is 22.9 Å². The summed E-state index contributed by atoms with van der Waals surface area (Å²) in [4.78, 5) is 16.5. The number of rotatable bonds is 5. The zero-order chi connectivity index (χ0) is 18.7. The summed E-state index contributed by atoms with van der Waals surface area (Å²) in [6.07, 6.45) is 1.69. The van der Waals surface area contributed by atoms with Crippen LogP contribution in [0.4, 0.5) is 0 Å². The maximum absolute atomic E-state index is 12.2. The van der Waals surface area contributed by atoms with Crippen LogP contribution in [0.25, 0.3) is 0 Å². The summed E-state index contributed by atoms with van der Waals surface area (Å²) in [6, 6.07) is 11.5. The molecule has 0 spiro atoms. The third-order valence-corrected chi connectivity index (χ3v) is 4.29. The molecule has 2 heterocycles. The van der Waals surface area contributed by atoms with Crippen molar-refractivity contribution in [2.75, 3.05) is 0 Å². The molecule has 0 fully saturated rings. The van der Waals surface area contributed by atoms with Crippen LogP contribution in [0.1, 0.15) is 32.8 Å². The van der Waals surface area contributed by atoms with E-state index in [0.717, 1.165) is 28.0 Å². The number of hydrogen-bond acceptors (Lipinski definition) is 4. The molecule has 0 aliphatic carbocycles. The van der Waals surface area contributed by atoms with Gasteiger partial charge in [-0.25, -0.2) is 4.98 Å². The number of hydrogen-bond donors (Lipinski definition) is 1. The molecular formula is C20H19BrN2O3. The minimum atomic E-state index is -0.260. The van der Waals surface area contributed by atoms with Crippen LogP contribution in [0.3, 0.4) is 0 Å². The number of amides is 1. The first-order valence-electron chi connectivity index (χ1n) is 8.16. The van der Waals surface area contributed by atoms with Crippen LogP contribution in [0.2, 0.25) is 0 Å². The van der Waals surface area contributed by atoms with E-state index >= 15 is 0 Å². The maximum Gasteiger partial charge on any atom is 0.287 e.